The minimum Gasteiger partial charge on any atom is -0.365 e. The molecule has 1 amide bonds. The zero-order chi connectivity index (χ0) is 11.8. The van der Waals surface area contributed by atoms with Gasteiger partial charge in [0.05, 0.1) is 11.1 Å². The number of alkyl halides is 3. The number of hydrogen-bond donors (Lipinski definition) is 1. The van der Waals surface area contributed by atoms with Crippen LogP contribution in [0.3, 0.4) is 0 Å². The number of amides is 1. The van der Waals surface area contributed by atoms with E-state index in [4.69, 9.17) is 5.73 Å². The Bertz CT molecular complexity index is 411. The van der Waals surface area contributed by atoms with Gasteiger partial charge in [-0.15, -0.1) is 0 Å². The number of benzene rings is 1. The van der Waals surface area contributed by atoms with Gasteiger partial charge in [-0.25, -0.2) is 4.39 Å². The predicted molar refractivity (Wildman–Crippen MR) is 44.7 cm³/mol. The van der Waals surface area contributed by atoms with Gasteiger partial charge in [0.2, 0.25) is 0 Å². The standard InChI is InChI=1S/C9H7F4NO/c1-4-2-3-5(10)6(8(14)15)7(4)9(11,12)13/h2-3H,1H3,(H2,14,15). The van der Waals surface area contributed by atoms with E-state index in [9.17, 15) is 22.4 Å². The molecule has 6 heteroatoms. The lowest BCUT2D eigenvalue weighted by atomic mass is 10.0. The molecule has 0 fully saturated rings. The van der Waals surface area contributed by atoms with E-state index in [1.54, 1.807) is 0 Å². The van der Waals surface area contributed by atoms with Crippen molar-refractivity contribution in [2.24, 2.45) is 5.73 Å². The molecular weight excluding hydrogens is 214 g/mol. The molecule has 1 aromatic rings. The molecule has 0 radical (unpaired) electrons. The van der Waals surface area contributed by atoms with Crippen LogP contribution in [0.5, 0.6) is 0 Å². The summed E-state index contributed by atoms with van der Waals surface area (Å²) in [6, 6.07) is 1.73. The first-order chi connectivity index (χ1) is 6.75. The maximum atomic E-state index is 13.0. The average Bonchev–Trinajstić information content (AvgIpc) is 2.05. The van der Waals surface area contributed by atoms with Crippen LogP contribution in [0.25, 0.3) is 0 Å². The zero-order valence-electron chi connectivity index (χ0n) is 7.65. The van der Waals surface area contributed by atoms with E-state index >= 15 is 0 Å². The number of nitrogens with two attached hydrogens (primary N) is 1. The second kappa shape index (κ2) is 3.52. The monoisotopic (exact) mass is 221 g/mol. The highest BCUT2D eigenvalue weighted by Crippen LogP contribution is 2.35. The molecule has 0 bridgehead atoms. The zero-order valence-corrected chi connectivity index (χ0v) is 7.65. The summed E-state index contributed by atoms with van der Waals surface area (Å²) >= 11 is 0. The summed E-state index contributed by atoms with van der Waals surface area (Å²) in [5.74, 6) is -2.69. The Labute approximate surface area is 82.7 Å². The lowest BCUT2D eigenvalue weighted by molar-refractivity contribution is -0.138. The van der Waals surface area contributed by atoms with E-state index in [1.807, 2.05) is 0 Å². The van der Waals surface area contributed by atoms with Crippen molar-refractivity contribution >= 4 is 5.91 Å². The molecule has 0 aliphatic heterocycles. The summed E-state index contributed by atoms with van der Waals surface area (Å²) in [4.78, 5) is 10.7. The van der Waals surface area contributed by atoms with Crippen molar-refractivity contribution in [1.29, 1.82) is 0 Å². The molecule has 15 heavy (non-hydrogen) atoms. The third-order valence-corrected chi connectivity index (χ3v) is 1.89. The van der Waals surface area contributed by atoms with Gasteiger partial charge in [-0.2, -0.15) is 13.2 Å². The molecule has 0 aromatic heterocycles. The molecule has 1 aromatic carbocycles. The third-order valence-electron chi connectivity index (χ3n) is 1.89. The summed E-state index contributed by atoms with van der Waals surface area (Å²) < 4.78 is 50.4. The molecule has 0 saturated heterocycles. The van der Waals surface area contributed by atoms with Crippen molar-refractivity contribution in [3.8, 4) is 0 Å². The van der Waals surface area contributed by atoms with Gasteiger partial charge < -0.3 is 5.73 Å². The van der Waals surface area contributed by atoms with Gasteiger partial charge in [0.25, 0.3) is 5.91 Å². The summed E-state index contributed by atoms with van der Waals surface area (Å²) in [7, 11) is 0. The number of carbonyl (C=O) groups is 1. The first-order valence-electron chi connectivity index (χ1n) is 3.91. The van der Waals surface area contributed by atoms with E-state index in [-0.39, 0.29) is 5.56 Å². The fourth-order valence-electron chi connectivity index (χ4n) is 1.29. The molecule has 0 unspecified atom stereocenters. The molecule has 0 atom stereocenters. The van der Waals surface area contributed by atoms with Crippen LogP contribution in [-0.4, -0.2) is 5.91 Å². The summed E-state index contributed by atoms with van der Waals surface area (Å²) in [5.41, 5.74) is 2.04. The van der Waals surface area contributed by atoms with E-state index < -0.39 is 29.0 Å². The highest BCUT2D eigenvalue weighted by molar-refractivity contribution is 5.95. The van der Waals surface area contributed by atoms with E-state index in [0.717, 1.165) is 19.1 Å². The van der Waals surface area contributed by atoms with Gasteiger partial charge in [-0.1, -0.05) is 6.07 Å². The van der Waals surface area contributed by atoms with Crippen LogP contribution in [0, 0.1) is 12.7 Å². The first kappa shape index (κ1) is 11.5. The van der Waals surface area contributed by atoms with E-state index in [0.29, 0.717) is 0 Å². The van der Waals surface area contributed by atoms with Gasteiger partial charge in [0.1, 0.15) is 5.82 Å². The Morgan fingerprint density at radius 2 is 1.87 bits per heavy atom. The number of rotatable bonds is 1. The molecule has 0 heterocycles. The number of halogens is 4. The normalized spacial score (nSPS) is 11.5. The van der Waals surface area contributed by atoms with Gasteiger partial charge >= 0.3 is 6.18 Å². The smallest absolute Gasteiger partial charge is 0.365 e. The van der Waals surface area contributed by atoms with Crippen LogP contribution in [0.2, 0.25) is 0 Å². The summed E-state index contributed by atoms with van der Waals surface area (Å²) in [5, 5.41) is 0. The maximum absolute atomic E-state index is 13.0. The lowest BCUT2D eigenvalue weighted by Crippen LogP contribution is -2.21. The lowest BCUT2D eigenvalue weighted by Gasteiger charge is -2.14. The highest BCUT2D eigenvalue weighted by atomic mass is 19.4. The van der Waals surface area contributed by atoms with Crippen LogP contribution in [0.4, 0.5) is 17.6 Å². The molecule has 0 spiro atoms. The van der Waals surface area contributed by atoms with Crippen LogP contribution in [-0.2, 0) is 6.18 Å². The summed E-state index contributed by atoms with van der Waals surface area (Å²) in [6.45, 7) is 1.13. The quantitative estimate of drug-likeness (QED) is 0.726. The maximum Gasteiger partial charge on any atom is 0.417 e. The van der Waals surface area contributed by atoms with Crippen LogP contribution in [0.15, 0.2) is 12.1 Å². The predicted octanol–water partition coefficient (Wildman–Crippen LogP) is 2.25. The molecule has 0 aliphatic rings. The van der Waals surface area contributed by atoms with Crippen LogP contribution >= 0.6 is 0 Å². The Balaban J connectivity index is 3.60. The molecular formula is C9H7F4NO. The third kappa shape index (κ3) is 2.08. The minimum atomic E-state index is -4.80. The first-order valence-corrected chi connectivity index (χ1v) is 3.91. The molecule has 1 rings (SSSR count). The fraction of sp³-hybridized carbons (Fsp3) is 0.222. The van der Waals surface area contributed by atoms with Crippen LogP contribution in [0.1, 0.15) is 21.5 Å². The highest BCUT2D eigenvalue weighted by Gasteiger charge is 2.38. The Hall–Kier alpha value is -1.59. The molecule has 2 N–H and O–H groups in total. The number of carbonyl (C=O) groups excluding carboxylic acids is 1. The fourth-order valence-corrected chi connectivity index (χ4v) is 1.29. The van der Waals surface area contributed by atoms with Gasteiger partial charge in [-0.05, 0) is 18.6 Å². The Kier molecular flexibility index (Phi) is 2.70. The average molecular weight is 221 g/mol. The number of aryl methyl sites for hydroxylation is 1. The second-order valence-corrected chi connectivity index (χ2v) is 2.98. The van der Waals surface area contributed by atoms with Crippen molar-refractivity contribution in [2.45, 2.75) is 13.1 Å². The minimum absolute atomic E-state index is 0.238. The van der Waals surface area contributed by atoms with Gasteiger partial charge in [0.15, 0.2) is 0 Å². The van der Waals surface area contributed by atoms with Gasteiger partial charge in [-0.3, -0.25) is 4.79 Å². The molecule has 0 saturated carbocycles. The SMILES string of the molecule is Cc1ccc(F)c(C(N)=O)c1C(F)(F)F. The van der Waals surface area contributed by atoms with Crippen molar-refractivity contribution < 1.29 is 22.4 Å². The topological polar surface area (TPSA) is 43.1 Å². The molecule has 82 valence electrons. The van der Waals surface area contributed by atoms with Gasteiger partial charge in [0, 0.05) is 0 Å². The largest absolute Gasteiger partial charge is 0.417 e. The van der Waals surface area contributed by atoms with Crippen molar-refractivity contribution in [3.63, 3.8) is 0 Å². The van der Waals surface area contributed by atoms with Crippen molar-refractivity contribution in [2.75, 3.05) is 0 Å². The Morgan fingerprint density at radius 3 is 2.20 bits per heavy atom. The van der Waals surface area contributed by atoms with E-state index in [2.05, 4.69) is 0 Å². The van der Waals surface area contributed by atoms with E-state index in [1.165, 1.54) is 0 Å². The molecule has 2 nitrogen and oxygen atoms in total. The number of primary amides is 1. The van der Waals surface area contributed by atoms with Crippen LogP contribution < -0.4 is 5.73 Å². The molecule has 0 aliphatic carbocycles. The van der Waals surface area contributed by atoms with Crippen molar-refractivity contribution in [1.82, 2.24) is 0 Å². The Morgan fingerprint density at radius 1 is 1.33 bits per heavy atom. The number of hydrogen-bond acceptors (Lipinski definition) is 1. The summed E-state index contributed by atoms with van der Waals surface area (Å²) in [6.07, 6.45) is -4.80. The van der Waals surface area contributed by atoms with Crippen molar-refractivity contribution in [3.05, 3.63) is 34.6 Å². The second-order valence-electron chi connectivity index (χ2n) is 2.98.